The van der Waals surface area contributed by atoms with E-state index in [1.807, 2.05) is 31.2 Å². The second kappa shape index (κ2) is 14.6. The van der Waals surface area contributed by atoms with Gasteiger partial charge < -0.3 is 20.1 Å². The molecule has 1 aromatic carbocycles. The van der Waals surface area contributed by atoms with Gasteiger partial charge in [0.2, 0.25) is 0 Å². The van der Waals surface area contributed by atoms with E-state index in [9.17, 15) is 0 Å². The van der Waals surface area contributed by atoms with Crippen molar-refractivity contribution < 1.29 is 9.47 Å². The number of benzene rings is 1. The number of nitrogens with zero attached hydrogens (tertiary/aromatic N) is 1. The van der Waals surface area contributed by atoms with E-state index in [1.165, 1.54) is 0 Å². The van der Waals surface area contributed by atoms with Gasteiger partial charge in [-0.2, -0.15) is 0 Å². The van der Waals surface area contributed by atoms with Gasteiger partial charge >= 0.3 is 0 Å². The van der Waals surface area contributed by atoms with Gasteiger partial charge in [0, 0.05) is 32.3 Å². The lowest BCUT2D eigenvalue weighted by atomic mass is 10.2. The third kappa shape index (κ3) is 10.9. The Labute approximate surface area is 167 Å². The van der Waals surface area contributed by atoms with Crippen LogP contribution in [-0.2, 0) is 4.74 Å². The van der Waals surface area contributed by atoms with E-state index in [0.717, 1.165) is 44.1 Å². The van der Waals surface area contributed by atoms with Crippen molar-refractivity contribution in [3.8, 4) is 5.75 Å². The molecule has 0 aliphatic carbocycles. The van der Waals surface area contributed by atoms with Crippen LogP contribution in [0.3, 0.4) is 0 Å². The highest BCUT2D eigenvalue weighted by atomic mass is 127. The highest BCUT2D eigenvalue weighted by Crippen LogP contribution is 2.16. The number of methoxy groups -OCH3 is 1. The van der Waals surface area contributed by atoms with Crippen LogP contribution in [0.1, 0.15) is 26.2 Å². The molecule has 5 nitrogen and oxygen atoms in total. The topological polar surface area (TPSA) is 54.9 Å². The number of hydrogen-bond acceptors (Lipinski definition) is 3. The van der Waals surface area contributed by atoms with Gasteiger partial charge in [-0.3, -0.25) is 4.99 Å². The Morgan fingerprint density at radius 2 is 1.88 bits per heavy atom. The molecule has 138 valence electrons. The first kappa shape index (κ1) is 23.3. The predicted molar refractivity (Wildman–Crippen MR) is 112 cm³/mol. The molecule has 0 heterocycles. The van der Waals surface area contributed by atoms with Crippen molar-refractivity contribution in [1.82, 2.24) is 10.6 Å². The first-order valence-corrected chi connectivity index (χ1v) is 8.39. The van der Waals surface area contributed by atoms with Crippen LogP contribution < -0.4 is 15.4 Å². The summed E-state index contributed by atoms with van der Waals surface area (Å²) in [7, 11) is 3.50. The minimum absolute atomic E-state index is 0. The number of aliphatic imine (C=N–C) groups is 1. The van der Waals surface area contributed by atoms with Crippen molar-refractivity contribution in [2.45, 2.75) is 32.3 Å². The van der Waals surface area contributed by atoms with Crippen LogP contribution in [0.2, 0.25) is 5.02 Å². The number of ether oxygens (including phenoxy) is 2. The molecule has 0 fully saturated rings. The summed E-state index contributed by atoms with van der Waals surface area (Å²) in [4.78, 5) is 4.21. The zero-order valence-electron chi connectivity index (χ0n) is 14.7. The fraction of sp³-hybridized carbons (Fsp3) is 0.588. The van der Waals surface area contributed by atoms with Crippen LogP contribution >= 0.6 is 35.6 Å². The van der Waals surface area contributed by atoms with E-state index in [0.29, 0.717) is 11.6 Å². The van der Waals surface area contributed by atoms with Crippen LogP contribution in [-0.4, -0.2) is 45.9 Å². The van der Waals surface area contributed by atoms with Gasteiger partial charge in [0.15, 0.2) is 5.96 Å². The minimum atomic E-state index is 0. The Morgan fingerprint density at radius 1 is 1.17 bits per heavy atom. The van der Waals surface area contributed by atoms with Gasteiger partial charge in [-0.25, -0.2) is 0 Å². The average Bonchev–Trinajstić information content (AvgIpc) is 2.55. The first-order chi connectivity index (χ1) is 11.2. The zero-order chi connectivity index (χ0) is 16.9. The van der Waals surface area contributed by atoms with Crippen LogP contribution in [0, 0.1) is 0 Å². The van der Waals surface area contributed by atoms with E-state index < -0.39 is 0 Å². The molecule has 0 amide bonds. The Balaban J connectivity index is 0.00000529. The number of nitrogens with one attached hydrogen (secondary N) is 2. The summed E-state index contributed by atoms with van der Waals surface area (Å²) in [6.07, 6.45) is 3.36. The van der Waals surface area contributed by atoms with Gasteiger partial charge in [-0.05, 0) is 50.5 Å². The Morgan fingerprint density at radius 3 is 2.50 bits per heavy atom. The summed E-state index contributed by atoms with van der Waals surface area (Å²) >= 11 is 5.86. The van der Waals surface area contributed by atoms with Crippen molar-refractivity contribution >= 4 is 41.5 Å². The van der Waals surface area contributed by atoms with Crippen LogP contribution in [0.25, 0.3) is 0 Å². The fourth-order valence-electron chi connectivity index (χ4n) is 2.00. The Bertz CT molecular complexity index is 458. The molecular formula is C17H29ClIN3O2. The molecule has 24 heavy (non-hydrogen) atoms. The van der Waals surface area contributed by atoms with E-state index in [-0.39, 0.29) is 30.1 Å². The van der Waals surface area contributed by atoms with Gasteiger partial charge in [0.1, 0.15) is 11.9 Å². The summed E-state index contributed by atoms with van der Waals surface area (Å²) in [5, 5.41) is 7.27. The fourth-order valence-corrected chi connectivity index (χ4v) is 2.13. The Hall–Kier alpha value is -0.730. The highest BCUT2D eigenvalue weighted by molar-refractivity contribution is 14.0. The van der Waals surface area contributed by atoms with E-state index in [4.69, 9.17) is 21.1 Å². The summed E-state index contributed by atoms with van der Waals surface area (Å²) in [6, 6.07) is 7.38. The van der Waals surface area contributed by atoms with Gasteiger partial charge in [-0.15, -0.1) is 24.0 Å². The summed E-state index contributed by atoms with van der Waals surface area (Å²) in [5.41, 5.74) is 0. The lowest BCUT2D eigenvalue weighted by Crippen LogP contribution is -2.42. The van der Waals surface area contributed by atoms with E-state index >= 15 is 0 Å². The third-order valence-corrected chi connectivity index (χ3v) is 3.50. The number of unbranched alkanes of at least 4 members (excludes halogenated alkanes) is 2. The molecule has 1 unspecified atom stereocenters. The van der Waals surface area contributed by atoms with Gasteiger partial charge in [0.05, 0.1) is 6.54 Å². The van der Waals surface area contributed by atoms with Crippen molar-refractivity contribution in [3.63, 3.8) is 0 Å². The number of hydrogen-bond donors (Lipinski definition) is 2. The first-order valence-electron chi connectivity index (χ1n) is 8.01. The average molecular weight is 470 g/mol. The molecule has 0 saturated carbocycles. The standard InChI is InChI=1S/C17H28ClN3O2.HI/c1-14(23-16-9-7-15(18)8-10-16)13-21-17(19-2)20-11-5-4-6-12-22-3;/h7-10,14H,4-6,11-13H2,1-3H3,(H2,19,20,21);1H. The molecule has 0 spiro atoms. The van der Waals surface area contributed by atoms with Crippen LogP contribution in [0.15, 0.2) is 29.3 Å². The summed E-state index contributed by atoms with van der Waals surface area (Å²) in [6.45, 7) is 4.41. The summed E-state index contributed by atoms with van der Waals surface area (Å²) < 4.78 is 10.8. The monoisotopic (exact) mass is 469 g/mol. The number of halogens is 2. The normalized spacial score (nSPS) is 12.2. The quantitative estimate of drug-likeness (QED) is 0.237. The van der Waals surface area contributed by atoms with E-state index in [1.54, 1.807) is 14.2 Å². The molecule has 2 N–H and O–H groups in total. The second-order valence-electron chi connectivity index (χ2n) is 5.32. The van der Waals surface area contributed by atoms with Gasteiger partial charge in [0.25, 0.3) is 0 Å². The molecule has 1 rings (SSSR count). The number of rotatable bonds is 10. The van der Waals surface area contributed by atoms with Gasteiger partial charge in [-0.1, -0.05) is 11.6 Å². The zero-order valence-corrected chi connectivity index (χ0v) is 17.8. The van der Waals surface area contributed by atoms with E-state index in [2.05, 4.69) is 15.6 Å². The van der Waals surface area contributed by atoms with Crippen LogP contribution in [0.5, 0.6) is 5.75 Å². The van der Waals surface area contributed by atoms with Crippen molar-refractivity contribution in [3.05, 3.63) is 29.3 Å². The molecule has 0 aliphatic rings. The minimum Gasteiger partial charge on any atom is -0.489 e. The van der Waals surface area contributed by atoms with Crippen LogP contribution in [0.4, 0.5) is 0 Å². The third-order valence-electron chi connectivity index (χ3n) is 3.25. The Kier molecular flexibility index (Phi) is 14.2. The maximum absolute atomic E-state index is 5.86. The maximum atomic E-state index is 5.86. The molecule has 7 heteroatoms. The molecule has 1 atom stereocenters. The molecule has 0 radical (unpaired) electrons. The lowest BCUT2D eigenvalue weighted by Gasteiger charge is -2.17. The smallest absolute Gasteiger partial charge is 0.191 e. The van der Waals surface area contributed by atoms with Crippen molar-refractivity contribution in [2.75, 3.05) is 33.9 Å². The van der Waals surface area contributed by atoms with Crippen molar-refractivity contribution in [2.24, 2.45) is 4.99 Å². The molecule has 0 bridgehead atoms. The maximum Gasteiger partial charge on any atom is 0.191 e. The highest BCUT2D eigenvalue weighted by Gasteiger charge is 2.05. The molecule has 1 aromatic rings. The largest absolute Gasteiger partial charge is 0.489 e. The molecular weight excluding hydrogens is 441 g/mol. The summed E-state index contributed by atoms with van der Waals surface area (Å²) in [5.74, 6) is 1.60. The SMILES string of the molecule is CN=C(NCCCCCOC)NCC(C)Oc1ccc(Cl)cc1.I. The van der Waals surface area contributed by atoms with Crippen molar-refractivity contribution in [1.29, 1.82) is 0 Å². The molecule has 0 saturated heterocycles. The molecule has 0 aliphatic heterocycles. The number of guanidine groups is 1. The second-order valence-corrected chi connectivity index (χ2v) is 5.75. The lowest BCUT2D eigenvalue weighted by molar-refractivity contribution is 0.192. The predicted octanol–water partition coefficient (Wildman–Crippen LogP) is 3.71. The molecule has 0 aromatic heterocycles.